The van der Waals surface area contributed by atoms with Gasteiger partial charge in [-0.25, -0.2) is 9.78 Å². The van der Waals surface area contributed by atoms with E-state index < -0.39 is 24.3 Å². The molecule has 6 nitrogen and oxygen atoms in total. The zero-order valence-corrected chi connectivity index (χ0v) is 16.1. The van der Waals surface area contributed by atoms with E-state index >= 15 is 0 Å². The van der Waals surface area contributed by atoms with Crippen LogP contribution in [0.1, 0.15) is 22.6 Å². The summed E-state index contributed by atoms with van der Waals surface area (Å²) in [5.74, 6) is 0.337. The number of aromatic nitrogens is 1. The molecule has 0 saturated heterocycles. The summed E-state index contributed by atoms with van der Waals surface area (Å²) >= 11 is 0. The molecule has 1 N–H and O–H groups in total. The molecule has 0 saturated carbocycles. The molecule has 3 rings (SSSR count). The van der Waals surface area contributed by atoms with Gasteiger partial charge in [0.05, 0.1) is 11.3 Å². The maximum atomic E-state index is 12.7. The lowest BCUT2D eigenvalue weighted by molar-refractivity contribution is -0.139. The summed E-state index contributed by atoms with van der Waals surface area (Å²) in [7, 11) is 0. The highest BCUT2D eigenvalue weighted by atomic mass is 19.4. The van der Waals surface area contributed by atoms with Gasteiger partial charge in [-0.1, -0.05) is 6.07 Å². The van der Waals surface area contributed by atoms with E-state index in [1.54, 1.807) is 32.0 Å². The van der Waals surface area contributed by atoms with Crippen LogP contribution >= 0.6 is 0 Å². The summed E-state index contributed by atoms with van der Waals surface area (Å²) in [5, 5.41) is 8.74. The fourth-order valence-corrected chi connectivity index (χ4v) is 2.60. The van der Waals surface area contributed by atoms with Crippen LogP contribution < -0.4 is 9.47 Å². The van der Waals surface area contributed by atoms with Gasteiger partial charge < -0.3 is 19.0 Å². The van der Waals surface area contributed by atoms with Crippen molar-refractivity contribution < 1.29 is 37.0 Å². The van der Waals surface area contributed by atoms with Gasteiger partial charge in [-0.3, -0.25) is 0 Å². The van der Waals surface area contributed by atoms with Crippen LogP contribution in [0.2, 0.25) is 0 Å². The summed E-state index contributed by atoms with van der Waals surface area (Å²) in [6.45, 7) is 3.03. The molecule has 0 aliphatic carbocycles. The predicted octanol–water partition coefficient (Wildman–Crippen LogP) is 5.02. The number of alkyl halides is 3. The number of oxazole rings is 1. The summed E-state index contributed by atoms with van der Waals surface area (Å²) in [4.78, 5) is 14.9. The third-order valence-electron chi connectivity index (χ3n) is 4.23. The van der Waals surface area contributed by atoms with Crippen molar-refractivity contribution in [3.63, 3.8) is 0 Å². The predicted molar refractivity (Wildman–Crippen MR) is 100 cm³/mol. The third kappa shape index (κ3) is 5.11. The fraction of sp³-hybridized carbons (Fsp3) is 0.238. The van der Waals surface area contributed by atoms with Crippen molar-refractivity contribution in [3.05, 3.63) is 65.0 Å². The zero-order valence-electron chi connectivity index (χ0n) is 16.1. The van der Waals surface area contributed by atoms with Crippen molar-refractivity contribution in [3.8, 4) is 23.0 Å². The van der Waals surface area contributed by atoms with Gasteiger partial charge in [0, 0.05) is 11.6 Å². The first-order chi connectivity index (χ1) is 14.1. The van der Waals surface area contributed by atoms with Crippen LogP contribution in [0, 0.1) is 13.8 Å². The number of halogens is 3. The first kappa shape index (κ1) is 21.2. The van der Waals surface area contributed by atoms with Crippen LogP contribution in [0.5, 0.6) is 11.5 Å². The second-order valence-corrected chi connectivity index (χ2v) is 6.50. The highest BCUT2D eigenvalue weighted by Gasteiger charge is 2.30. The van der Waals surface area contributed by atoms with E-state index in [0.717, 1.165) is 17.7 Å². The molecule has 2 aromatic carbocycles. The summed E-state index contributed by atoms with van der Waals surface area (Å²) in [5.41, 5.74) is 0.957. The molecular weight excluding hydrogens is 403 g/mol. The average Bonchev–Trinajstić information content (AvgIpc) is 3.06. The van der Waals surface area contributed by atoms with E-state index in [1.807, 2.05) is 0 Å². The zero-order chi connectivity index (χ0) is 21.9. The van der Waals surface area contributed by atoms with Crippen LogP contribution in [0.3, 0.4) is 0 Å². The number of ether oxygens (including phenoxy) is 2. The minimum absolute atomic E-state index is 0.0287. The molecule has 0 spiro atoms. The summed E-state index contributed by atoms with van der Waals surface area (Å²) in [6, 6.07) is 9.53. The first-order valence-electron chi connectivity index (χ1n) is 8.85. The number of hydrogen-bond donors (Lipinski definition) is 1. The fourth-order valence-electron chi connectivity index (χ4n) is 2.60. The van der Waals surface area contributed by atoms with E-state index in [9.17, 15) is 18.0 Å². The van der Waals surface area contributed by atoms with Crippen molar-refractivity contribution >= 4 is 5.97 Å². The van der Waals surface area contributed by atoms with E-state index in [0.29, 0.717) is 28.5 Å². The Balaban J connectivity index is 1.71. The van der Waals surface area contributed by atoms with Gasteiger partial charge in [-0.05, 0) is 49.7 Å². The number of hydrogen-bond acceptors (Lipinski definition) is 5. The lowest BCUT2D eigenvalue weighted by Gasteiger charge is -2.10. The minimum Gasteiger partial charge on any atom is -0.485 e. The van der Waals surface area contributed by atoms with Crippen molar-refractivity contribution in [2.45, 2.75) is 26.6 Å². The second-order valence-electron chi connectivity index (χ2n) is 6.50. The Morgan fingerprint density at radius 1 is 1.10 bits per heavy atom. The molecule has 0 atom stereocenters. The van der Waals surface area contributed by atoms with Gasteiger partial charge in [0.2, 0.25) is 5.89 Å². The molecule has 1 heterocycles. The Kier molecular flexibility index (Phi) is 6.00. The van der Waals surface area contributed by atoms with Crippen LogP contribution in [0.15, 0.2) is 46.9 Å². The Morgan fingerprint density at radius 3 is 2.43 bits per heavy atom. The highest BCUT2D eigenvalue weighted by molar-refractivity contribution is 5.68. The van der Waals surface area contributed by atoms with Crippen molar-refractivity contribution in [1.29, 1.82) is 0 Å². The highest BCUT2D eigenvalue weighted by Crippen LogP contribution is 2.31. The molecule has 0 amide bonds. The van der Waals surface area contributed by atoms with Gasteiger partial charge in [-0.2, -0.15) is 13.2 Å². The molecule has 0 fully saturated rings. The quantitative estimate of drug-likeness (QED) is 0.577. The molecule has 0 aliphatic rings. The van der Waals surface area contributed by atoms with E-state index in [-0.39, 0.29) is 12.5 Å². The molecule has 3 aromatic rings. The van der Waals surface area contributed by atoms with Crippen LogP contribution in [-0.4, -0.2) is 22.7 Å². The largest absolute Gasteiger partial charge is 0.485 e. The van der Waals surface area contributed by atoms with E-state index in [2.05, 4.69) is 4.98 Å². The van der Waals surface area contributed by atoms with Gasteiger partial charge in [0.25, 0.3) is 0 Å². The number of aryl methyl sites for hydroxylation is 2. The molecule has 1 aromatic heterocycles. The Labute approximate surface area is 169 Å². The van der Waals surface area contributed by atoms with E-state index in [1.165, 1.54) is 12.1 Å². The van der Waals surface area contributed by atoms with Crippen LogP contribution in [-0.2, 0) is 17.6 Å². The molecule has 30 heavy (non-hydrogen) atoms. The molecule has 158 valence electrons. The van der Waals surface area contributed by atoms with Crippen LogP contribution in [0.25, 0.3) is 11.5 Å². The third-order valence-corrected chi connectivity index (χ3v) is 4.23. The van der Waals surface area contributed by atoms with Gasteiger partial charge in [0.1, 0.15) is 18.1 Å². The molecule has 0 aliphatic heterocycles. The Morgan fingerprint density at radius 2 is 1.80 bits per heavy atom. The number of carbonyl (C=O) groups is 1. The molecule has 0 bridgehead atoms. The maximum Gasteiger partial charge on any atom is 0.416 e. The average molecular weight is 421 g/mol. The Bertz CT molecular complexity index is 1040. The smallest absolute Gasteiger partial charge is 0.416 e. The Hall–Kier alpha value is -3.49. The number of aliphatic carboxylic acids is 1. The minimum atomic E-state index is -4.41. The molecular formula is C21H18F3NO5. The summed E-state index contributed by atoms with van der Waals surface area (Å²) in [6.07, 6.45) is -4.41. The van der Waals surface area contributed by atoms with Gasteiger partial charge in [-0.15, -0.1) is 0 Å². The van der Waals surface area contributed by atoms with Crippen LogP contribution in [0.4, 0.5) is 13.2 Å². The van der Waals surface area contributed by atoms with Gasteiger partial charge in [0.15, 0.2) is 12.4 Å². The lowest BCUT2D eigenvalue weighted by Crippen LogP contribution is -2.10. The number of nitrogens with zero attached hydrogens (tertiary/aromatic N) is 1. The normalized spacial score (nSPS) is 11.4. The molecule has 9 heteroatoms. The van der Waals surface area contributed by atoms with Gasteiger partial charge >= 0.3 is 12.1 Å². The van der Waals surface area contributed by atoms with E-state index in [4.69, 9.17) is 19.0 Å². The number of carboxylic acids is 1. The second kappa shape index (κ2) is 8.48. The van der Waals surface area contributed by atoms with Crippen molar-refractivity contribution in [2.75, 3.05) is 6.61 Å². The molecule has 0 unspecified atom stereocenters. The number of carboxylic acid groups (broad SMARTS) is 1. The van der Waals surface area contributed by atoms with Crippen molar-refractivity contribution in [1.82, 2.24) is 4.98 Å². The standard InChI is InChI=1S/C21H18F3NO5/c1-12-3-8-16(9-17(12)29-11-19(26)27)28-10-18-13(2)25-20(30-18)14-4-6-15(7-5-14)21(22,23)24/h3-9H,10-11H2,1-2H3,(H,26,27). The SMILES string of the molecule is Cc1ccc(OCc2oc(-c3ccc(C(F)(F)F)cc3)nc2C)cc1OCC(=O)O. The summed E-state index contributed by atoms with van der Waals surface area (Å²) < 4.78 is 54.6. The molecule has 0 radical (unpaired) electrons. The first-order valence-corrected chi connectivity index (χ1v) is 8.85. The lowest BCUT2D eigenvalue weighted by atomic mass is 10.1. The van der Waals surface area contributed by atoms with Crippen molar-refractivity contribution in [2.24, 2.45) is 0 Å². The number of benzene rings is 2. The topological polar surface area (TPSA) is 81.8 Å². The number of rotatable bonds is 7. The monoisotopic (exact) mass is 421 g/mol. The maximum absolute atomic E-state index is 12.7.